The predicted molar refractivity (Wildman–Crippen MR) is 63.3 cm³/mol. The summed E-state index contributed by atoms with van der Waals surface area (Å²) in [5, 5.41) is -0.402. The second-order valence-corrected chi connectivity index (χ2v) is 5.45. The Morgan fingerprint density at radius 2 is 1.76 bits per heavy atom. The number of halogens is 1. The van der Waals surface area contributed by atoms with Crippen molar-refractivity contribution in [2.45, 2.75) is 9.92 Å². The predicted octanol–water partition coefficient (Wildman–Crippen LogP) is 1.55. The molecule has 1 aromatic heterocycles. The topological polar surface area (TPSA) is 85.9 Å². The first-order chi connectivity index (χ1) is 8.00. The third-order valence-corrected chi connectivity index (χ3v) is 3.85. The summed E-state index contributed by atoms with van der Waals surface area (Å²) in [6.45, 7) is 0. The molecule has 0 saturated carbocycles. The molecule has 0 fully saturated rings. The second-order valence-electron chi connectivity index (χ2n) is 3.22. The van der Waals surface area contributed by atoms with Crippen LogP contribution in [0.1, 0.15) is 0 Å². The highest BCUT2D eigenvalue weighted by Gasteiger charge is 2.20. The van der Waals surface area contributed by atoms with Crippen LogP contribution in [0.25, 0.3) is 0 Å². The van der Waals surface area contributed by atoms with Gasteiger partial charge in [0.05, 0.1) is 4.90 Å². The molecule has 0 aliphatic heterocycles. The van der Waals surface area contributed by atoms with E-state index in [4.69, 9.17) is 17.3 Å². The lowest BCUT2D eigenvalue weighted by Crippen LogP contribution is -2.06. The first-order valence-electron chi connectivity index (χ1n) is 4.60. The molecule has 2 rings (SSSR count). The van der Waals surface area contributed by atoms with Crippen molar-refractivity contribution in [2.75, 3.05) is 5.73 Å². The average Bonchev–Trinajstić information content (AvgIpc) is 2.29. The molecule has 1 heterocycles. The van der Waals surface area contributed by atoms with Crippen molar-refractivity contribution < 1.29 is 8.42 Å². The first-order valence-corrected chi connectivity index (χ1v) is 6.46. The van der Waals surface area contributed by atoms with Gasteiger partial charge in [0.2, 0.25) is 15.1 Å². The van der Waals surface area contributed by atoms with Crippen molar-refractivity contribution in [3.8, 4) is 0 Å². The number of aromatic nitrogens is 2. The second kappa shape index (κ2) is 4.31. The van der Waals surface area contributed by atoms with Crippen LogP contribution in [0.2, 0.25) is 5.28 Å². The number of sulfone groups is 1. The zero-order chi connectivity index (χ0) is 12.5. The minimum atomic E-state index is -3.70. The minimum absolute atomic E-state index is 0.0134. The van der Waals surface area contributed by atoms with E-state index in [-0.39, 0.29) is 21.0 Å². The van der Waals surface area contributed by atoms with Gasteiger partial charge in [0.1, 0.15) is 5.82 Å². The van der Waals surface area contributed by atoms with E-state index < -0.39 is 9.84 Å². The van der Waals surface area contributed by atoms with Crippen molar-refractivity contribution in [3.05, 3.63) is 41.7 Å². The van der Waals surface area contributed by atoms with Crippen molar-refractivity contribution in [3.63, 3.8) is 0 Å². The Balaban J connectivity index is 2.60. The maximum Gasteiger partial charge on any atom is 0.225 e. The maximum atomic E-state index is 12.1. The largest absolute Gasteiger partial charge is 0.384 e. The van der Waals surface area contributed by atoms with Crippen LogP contribution >= 0.6 is 11.6 Å². The molecular weight excluding hydrogens is 262 g/mol. The summed E-state index contributed by atoms with van der Waals surface area (Å²) in [6.07, 6.45) is 0. The third-order valence-electron chi connectivity index (χ3n) is 2.02. The van der Waals surface area contributed by atoms with E-state index in [2.05, 4.69) is 9.97 Å². The molecule has 2 aromatic rings. The van der Waals surface area contributed by atoms with E-state index in [1.807, 2.05) is 0 Å². The highest BCUT2D eigenvalue weighted by molar-refractivity contribution is 7.91. The molecule has 0 saturated heterocycles. The number of nitrogens with zero attached hydrogens (tertiary/aromatic N) is 2. The molecule has 88 valence electrons. The summed E-state index contributed by atoms with van der Waals surface area (Å²) in [5.41, 5.74) is 5.43. The summed E-state index contributed by atoms with van der Waals surface area (Å²) in [6, 6.07) is 9.09. The molecule has 17 heavy (non-hydrogen) atoms. The molecule has 0 amide bonds. The first kappa shape index (κ1) is 11.8. The van der Waals surface area contributed by atoms with Gasteiger partial charge >= 0.3 is 0 Å². The third kappa shape index (κ3) is 2.37. The number of nitrogen functional groups attached to an aromatic ring is 1. The van der Waals surface area contributed by atoms with Gasteiger partial charge in [-0.2, -0.15) is 0 Å². The fourth-order valence-electron chi connectivity index (χ4n) is 1.27. The quantitative estimate of drug-likeness (QED) is 0.660. The van der Waals surface area contributed by atoms with Gasteiger partial charge in [0.15, 0.2) is 5.03 Å². The van der Waals surface area contributed by atoms with Crippen LogP contribution in [0.4, 0.5) is 5.82 Å². The maximum absolute atomic E-state index is 12.1. The van der Waals surface area contributed by atoms with Crippen molar-refractivity contribution in [2.24, 2.45) is 0 Å². The smallest absolute Gasteiger partial charge is 0.225 e. The van der Waals surface area contributed by atoms with Crippen LogP contribution in [0, 0.1) is 0 Å². The van der Waals surface area contributed by atoms with Crippen LogP contribution in [0.5, 0.6) is 0 Å². The SMILES string of the molecule is Nc1cc(S(=O)(=O)c2ccccc2)nc(Cl)n1. The van der Waals surface area contributed by atoms with Gasteiger partial charge < -0.3 is 5.73 Å². The standard InChI is InChI=1S/C10H8ClN3O2S/c11-10-13-8(12)6-9(14-10)17(15,16)7-4-2-1-3-5-7/h1-6H,(H2,12,13,14). The summed E-state index contributed by atoms with van der Waals surface area (Å²) < 4.78 is 24.3. The van der Waals surface area contributed by atoms with Gasteiger partial charge in [-0.3, -0.25) is 0 Å². The Hall–Kier alpha value is -1.66. The van der Waals surface area contributed by atoms with Gasteiger partial charge in [-0.25, -0.2) is 18.4 Å². The molecule has 0 atom stereocenters. The Labute approximate surface area is 103 Å². The van der Waals surface area contributed by atoms with E-state index in [1.54, 1.807) is 18.2 Å². The Morgan fingerprint density at radius 3 is 2.35 bits per heavy atom. The van der Waals surface area contributed by atoms with Gasteiger partial charge in [0, 0.05) is 6.07 Å². The van der Waals surface area contributed by atoms with Gasteiger partial charge in [-0.15, -0.1) is 0 Å². The molecule has 0 radical (unpaired) electrons. The average molecular weight is 270 g/mol. The fraction of sp³-hybridized carbons (Fsp3) is 0. The van der Waals surface area contributed by atoms with Crippen molar-refractivity contribution >= 4 is 27.3 Å². The number of rotatable bonds is 2. The monoisotopic (exact) mass is 269 g/mol. The van der Waals surface area contributed by atoms with Gasteiger partial charge in [0.25, 0.3) is 0 Å². The van der Waals surface area contributed by atoms with E-state index in [9.17, 15) is 8.42 Å². The molecule has 0 aliphatic rings. The molecule has 0 bridgehead atoms. The highest BCUT2D eigenvalue weighted by Crippen LogP contribution is 2.20. The zero-order valence-corrected chi connectivity index (χ0v) is 10.1. The van der Waals surface area contributed by atoms with E-state index in [0.717, 1.165) is 0 Å². The minimum Gasteiger partial charge on any atom is -0.384 e. The number of nitrogens with two attached hydrogens (primary N) is 1. The summed E-state index contributed by atoms with van der Waals surface area (Å²) in [5.74, 6) is 0.0134. The molecule has 0 unspecified atom stereocenters. The fourth-order valence-corrected chi connectivity index (χ4v) is 2.75. The number of hydrogen-bond donors (Lipinski definition) is 1. The lowest BCUT2D eigenvalue weighted by molar-refractivity contribution is 0.592. The van der Waals surface area contributed by atoms with Crippen molar-refractivity contribution in [1.82, 2.24) is 9.97 Å². The van der Waals surface area contributed by atoms with Gasteiger partial charge in [-0.05, 0) is 23.7 Å². The molecule has 1 aromatic carbocycles. The van der Waals surface area contributed by atoms with Gasteiger partial charge in [-0.1, -0.05) is 18.2 Å². The Kier molecular flexibility index (Phi) is 2.99. The number of hydrogen-bond acceptors (Lipinski definition) is 5. The summed E-state index contributed by atoms with van der Waals surface area (Å²) in [4.78, 5) is 7.41. The van der Waals surface area contributed by atoms with Crippen LogP contribution < -0.4 is 5.73 Å². The highest BCUT2D eigenvalue weighted by atomic mass is 35.5. The molecule has 7 heteroatoms. The van der Waals surface area contributed by atoms with E-state index in [1.165, 1.54) is 18.2 Å². The van der Waals surface area contributed by atoms with E-state index in [0.29, 0.717) is 0 Å². The molecule has 5 nitrogen and oxygen atoms in total. The van der Waals surface area contributed by atoms with Crippen molar-refractivity contribution in [1.29, 1.82) is 0 Å². The van der Waals surface area contributed by atoms with E-state index >= 15 is 0 Å². The lowest BCUT2D eigenvalue weighted by atomic mass is 10.4. The zero-order valence-electron chi connectivity index (χ0n) is 8.54. The Bertz CT molecular complexity index is 624. The lowest BCUT2D eigenvalue weighted by Gasteiger charge is -2.04. The molecule has 0 aliphatic carbocycles. The molecular formula is C10H8ClN3O2S. The summed E-state index contributed by atoms with van der Waals surface area (Å²) >= 11 is 5.58. The normalized spacial score (nSPS) is 11.4. The number of benzene rings is 1. The van der Waals surface area contributed by atoms with Crippen LogP contribution in [0.3, 0.4) is 0 Å². The van der Waals surface area contributed by atoms with Crippen LogP contribution in [-0.2, 0) is 9.84 Å². The molecule has 0 spiro atoms. The summed E-state index contributed by atoms with van der Waals surface area (Å²) in [7, 11) is -3.70. The Morgan fingerprint density at radius 1 is 1.12 bits per heavy atom. The van der Waals surface area contributed by atoms with Crippen LogP contribution in [-0.4, -0.2) is 18.4 Å². The number of anilines is 1. The molecule has 2 N–H and O–H groups in total. The van der Waals surface area contributed by atoms with Crippen LogP contribution in [0.15, 0.2) is 46.3 Å².